The van der Waals surface area contributed by atoms with Crippen molar-refractivity contribution in [3.63, 3.8) is 0 Å². The molecule has 3 heterocycles. The van der Waals surface area contributed by atoms with Crippen LogP contribution >= 0.6 is 0 Å². The number of fused-ring (bicyclic) bond motifs is 1. The van der Waals surface area contributed by atoms with Crippen molar-refractivity contribution < 1.29 is 9.47 Å². The van der Waals surface area contributed by atoms with Crippen LogP contribution in [0, 0.1) is 13.8 Å². The number of tetrazole rings is 1. The molecule has 1 N–H and O–H groups in total. The van der Waals surface area contributed by atoms with Crippen LogP contribution in [0.4, 0.5) is 0 Å². The molecule has 39 heavy (non-hydrogen) atoms. The van der Waals surface area contributed by atoms with Crippen LogP contribution in [0.2, 0.25) is 0 Å². The summed E-state index contributed by atoms with van der Waals surface area (Å²) in [5, 5.41) is 13.9. The van der Waals surface area contributed by atoms with E-state index in [2.05, 4.69) is 58.3 Å². The van der Waals surface area contributed by atoms with Crippen molar-refractivity contribution in [1.29, 1.82) is 0 Å². The van der Waals surface area contributed by atoms with Crippen LogP contribution in [0.25, 0.3) is 10.9 Å². The van der Waals surface area contributed by atoms with E-state index in [0.29, 0.717) is 25.2 Å². The van der Waals surface area contributed by atoms with E-state index in [4.69, 9.17) is 9.47 Å². The number of methoxy groups -OCH3 is 1. The summed E-state index contributed by atoms with van der Waals surface area (Å²) in [4.78, 5) is 18.8. The van der Waals surface area contributed by atoms with Gasteiger partial charge in [0.25, 0.3) is 5.56 Å². The molecule has 2 atom stereocenters. The number of ether oxygens (including phenoxy) is 2. The third kappa shape index (κ3) is 6.04. The molecule has 2 unspecified atom stereocenters. The number of pyridine rings is 1. The van der Waals surface area contributed by atoms with E-state index < -0.39 is 0 Å². The molecule has 0 spiro atoms. The summed E-state index contributed by atoms with van der Waals surface area (Å²) in [5.41, 5.74) is 4.88. The first-order valence-corrected chi connectivity index (χ1v) is 13.8. The van der Waals surface area contributed by atoms with Crippen molar-refractivity contribution in [2.75, 3.05) is 13.7 Å². The van der Waals surface area contributed by atoms with E-state index in [-0.39, 0.29) is 17.7 Å². The molecule has 1 aliphatic rings. The van der Waals surface area contributed by atoms with Crippen molar-refractivity contribution in [3.05, 3.63) is 80.9 Å². The molecular formula is C30H38N6O3. The molecule has 0 saturated carbocycles. The lowest BCUT2D eigenvalue weighted by atomic mass is 10.0. The van der Waals surface area contributed by atoms with Gasteiger partial charge in [0.2, 0.25) is 0 Å². The largest absolute Gasteiger partial charge is 0.496 e. The molecule has 9 nitrogen and oxygen atoms in total. The van der Waals surface area contributed by atoms with Gasteiger partial charge in [0, 0.05) is 36.3 Å². The Hall–Kier alpha value is -3.56. The molecule has 2 aromatic carbocycles. The minimum atomic E-state index is -0.105. The number of aromatic amines is 1. The van der Waals surface area contributed by atoms with Crippen LogP contribution < -0.4 is 10.3 Å². The highest BCUT2D eigenvalue weighted by Gasteiger charge is 2.29. The second-order valence-corrected chi connectivity index (χ2v) is 10.5. The first kappa shape index (κ1) is 27.0. The van der Waals surface area contributed by atoms with Gasteiger partial charge in [-0.3, -0.25) is 9.69 Å². The number of nitrogens with one attached hydrogen (secondary N) is 1. The molecule has 206 valence electrons. The normalized spacial score (nSPS) is 16.3. The van der Waals surface area contributed by atoms with Gasteiger partial charge < -0.3 is 14.5 Å². The van der Waals surface area contributed by atoms with E-state index >= 15 is 0 Å². The minimum Gasteiger partial charge on any atom is -0.496 e. The summed E-state index contributed by atoms with van der Waals surface area (Å²) in [7, 11) is 1.69. The van der Waals surface area contributed by atoms with E-state index in [1.807, 2.05) is 35.0 Å². The highest BCUT2D eigenvalue weighted by atomic mass is 16.5. The monoisotopic (exact) mass is 530 g/mol. The van der Waals surface area contributed by atoms with E-state index in [1.54, 1.807) is 7.11 Å². The smallest absolute Gasteiger partial charge is 0.252 e. The van der Waals surface area contributed by atoms with Gasteiger partial charge in [-0.2, -0.15) is 0 Å². The summed E-state index contributed by atoms with van der Waals surface area (Å²) < 4.78 is 13.5. The maximum Gasteiger partial charge on any atom is 0.252 e. The minimum absolute atomic E-state index is 0.0787. The third-order valence-corrected chi connectivity index (χ3v) is 7.74. The number of aryl methyl sites for hydroxylation is 2. The number of H-pyrrole nitrogens is 1. The molecular weight excluding hydrogens is 492 g/mol. The fourth-order valence-electron chi connectivity index (χ4n) is 5.50. The second kappa shape index (κ2) is 12.1. The number of aromatic nitrogens is 5. The maximum atomic E-state index is 13.3. The molecule has 0 bridgehead atoms. The van der Waals surface area contributed by atoms with Gasteiger partial charge in [-0.25, -0.2) is 4.68 Å². The number of para-hydroxylation sites is 1. The Balaban J connectivity index is 1.55. The fourth-order valence-corrected chi connectivity index (χ4v) is 5.50. The zero-order valence-electron chi connectivity index (χ0n) is 23.3. The van der Waals surface area contributed by atoms with Crippen molar-refractivity contribution in [2.24, 2.45) is 0 Å². The summed E-state index contributed by atoms with van der Waals surface area (Å²) in [6, 6.07) is 14.1. The summed E-state index contributed by atoms with van der Waals surface area (Å²) >= 11 is 0. The van der Waals surface area contributed by atoms with Gasteiger partial charge in [0.05, 0.1) is 25.8 Å². The van der Waals surface area contributed by atoms with Crippen molar-refractivity contribution in [3.8, 4) is 5.75 Å². The van der Waals surface area contributed by atoms with Gasteiger partial charge in [-0.05, 0) is 84.3 Å². The lowest BCUT2D eigenvalue weighted by Crippen LogP contribution is -2.33. The lowest BCUT2D eigenvalue weighted by Gasteiger charge is -2.31. The van der Waals surface area contributed by atoms with Crippen LogP contribution in [0.5, 0.6) is 5.75 Å². The van der Waals surface area contributed by atoms with Crippen LogP contribution in [-0.2, 0) is 24.4 Å². The number of rotatable bonds is 11. The van der Waals surface area contributed by atoms with E-state index in [9.17, 15) is 4.79 Å². The Kier molecular flexibility index (Phi) is 8.38. The maximum absolute atomic E-state index is 13.3. The molecule has 1 aliphatic heterocycles. The SMILES string of the molecule is CCCC(c1nnnn1CC1CCCO1)N(Cc1ccccc1OC)Cc1cc2cc(C)c(C)cc2[nH]c1=O. The second-order valence-electron chi connectivity index (χ2n) is 10.5. The molecule has 0 aliphatic carbocycles. The number of hydrogen-bond acceptors (Lipinski definition) is 7. The van der Waals surface area contributed by atoms with Crippen molar-refractivity contribution in [2.45, 2.75) is 78.2 Å². The fraction of sp³-hybridized carbons (Fsp3) is 0.467. The van der Waals surface area contributed by atoms with Gasteiger partial charge >= 0.3 is 0 Å². The Labute approximate surface area is 229 Å². The van der Waals surface area contributed by atoms with Crippen molar-refractivity contribution in [1.82, 2.24) is 30.1 Å². The number of benzene rings is 2. The quantitative estimate of drug-likeness (QED) is 0.296. The molecule has 1 fully saturated rings. The van der Waals surface area contributed by atoms with Gasteiger partial charge in [-0.1, -0.05) is 31.5 Å². The van der Waals surface area contributed by atoms with Gasteiger partial charge in [0.1, 0.15) is 5.75 Å². The standard InChI is InChI=1S/C30H38N6O3/c1-5-9-27(29-32-33-34-36(29)19-25-11-8-13-39-25)35(17-22-10-6-7-12-28(22)38-4)18-24-16-23-14-20(2)21(3)15-26(23)31-30(24)37/h6-7,10,12,14-16,25,27H,5,8-9,11,13,17-19H2,1-4H3,(H,31,37). The predicted molar refractivity (Wildman–Crippen MR) is 151 cm³/mol. The zero-order chi connectivity index (χ0) is 27.4. The van der Waals surface area contributed by atoms with Crippen LogP contribution in [0.1, 0.15) is 66.7 Å². The Morgan fingerprint density at radius 1 is 1.15 bits per heavy atom. The lowest BCUT2D eigenvalue weighted by molar-refractivity contribution is 0.0884. The first-order valence-electron chi connectivity index (χ1n) is 13.8. The zero-order valence-corrected chi connectivity index (χ0v) is 23.3. The Morgan fingerprint density at radius 3 is 2.72 bits per heavy atom. The third-order valence-electron chi connectivity index (χ3n) is 7.74. The molecule has 1 saturated heterocycles. The number of nitrogens with zero attached hydrogens (tertiary/aromatic N) is 5. The van der Waals surface area contributed by atoms with Crippen LogP contribution in [0.3, 0.4) is 0 Å². The van der Waals surface area contributed by atoms with Gasteiger partial charge in [0.15, 0.2) is 5.82 Å². The summed E-state index contributed by atoms with van der Waals surface area (Å²) in [6.07, 6.45) is 3.96. The predicted octanol–water partition coefficient (Wildman–Crippen LogP) is 4.86. The molecule has 0 amide bonds. The Morgan fingerprint density at radius 2 is 1.95 bits per heavy atom. The highest BCUT2D eigenvalue weighted by Crippen LogP contribution is 2.31. The average Bonchev–Trinajstić information content (AvgIpc) is 3.61. The Bertz CT molecular complexity index is 1470. The molecule has 2 aromatic heterocycles. The molecule has 0 radical (unpaired) electrons. The topological polar surface area (TPSA) is 98.2 Å². The van der Waals surface area contributed by atoms with Crippen LogP contribution in [0.15, 0.2) is 47.3 Å². The van der Waals surface area contributed by atoms with Gasteiger partial charge in [-0.15, -0.1) is 5.10 Å². The number of hydrogen-bond donors (Lipinski definition) is 1. The molecule has 4 aromatic rings. The summed E-state index contributed by atoms with van der Waals surface area (Å²) in [5.74, 6) is 1.61. The van der Waals surface area contributed by atoms with E-state index in [1.165, 1.54) is 5.56 Å². The van der Waals surface area contributed by atoms with Crippen LogP contribution in [-0.4, -0.2) is 49.9 Å². The summed E-state index contributed by atoms with van der Waals surface area (Å²) in [6.45, 7) is 8.74. The van der Waals surface area contributed by atoms with Crippen molar-refractivity contribution >= 4 is 10.9 Å². The van der Waals surface area contributed by atoms with E-state index in [0.717, 1.165) is 65.9 Å². The molecule has 9 heteroatoms. The average molecular weight is 531 g/mol. The first-order chi connectivity index (χ1) is 19.0. The highest BCUT2D eigenvalue weighted by molar-refractivity contribution is 5.80. The molecule has 5 rings (SSSR count).